The summed E-state index contributed by atoms with van der Waals surface area (Å²) in [5.74, 6) is 0.0325. The summed E-state index contributed by atoms with van der Waals surface area (Å²) >= 11 is 5.48. The minimum absolute atomic E-state index is 0.0325. The molecule has 0 radical (unpaired) electrons. The van der Waals surface area contributed by atoms with Crippen molar-refractivity contribution in [1.29, 1.82) is 0 Å². The molecule has 6 heteroatoms. The number of ether oxygens (including phenoxy) is 2. The van der Waals surface area contributed by atoms with E-state index in [2.05, 4.69) is 0 Å². The third-order valence-electron chi connectivity index (χ3n) is 2.05. The zero-order valence-corrected chi connectivity index (χ0v) is 7.89. The third-order valence-corrected chi connectivity index (χ3v) is 2.36. The number of aliphatic hydroxyl groups is 3. The van der Waals surface area contributed by atoms with E-state index in [1.807, 2.05) is 0 Å². The van der Waals surface area contributed by atoms with Crippen molar-refractivity contribution >= 4 is 11.6 Å². The molecule has 0 aromatic heterocycles. The quantitative estimate of drug-likeness (QED) is 0.495. The van der Waals surface area contributed by atoms with E-state index < -0.39 is 30.7 Å². The highest BCUT2D eigenvalue weighted by Gasteiger charge is 2.43. The van der Waals surface area contributed by atoms with Crippen molar-refractivity contribution in [3.63, 3.8) is 0 Å². The van der Waals surface area contributed by atoms with Crippen LogP contribution >= 0.6 is 11.6 Å². The van der Waals surface area contributed by atoms with Gasteiger partial charge in [-0.15, -0.1) is 11.6 Å². The maximum Gasteiger partial charge on any atom is 0.186 e. The van der Waals surface area contributed by atoms with Gasteiger partial charge < -0.3 is 24.8 Å². The Morgan fingerprint density at radius 1 is 1.23 bits per heavy atom. The number of alkyl halides is 1. The van der Waals surface area contributed by atoms with Crippen LogP contribution in [0.2, 0.25) is 0 Å². The van der Waals surface area contributed by atoms with Gasteiger partial charge in [0.15, 0.2) is 6.29 Å². The summed E-state index contributed by atoms with van der Waals surface area (Å²) < 4.78 is 9.82. The largest absolute Gasteiger partial charge is 0.388 e. The Morgan fingerprint density at radius 2 is 1.85 bits per heavy atom. The Morgan fingerprint density at radius 3 is 2.31 bits per heavy atom. The Bertz CT molecular complexity index is 147. The van der Waals surface area contributed by atoms with Gasteiger partial charge in [0, 0.05) is 7.11 Å². The topological polar surface area (TPSA) is 79.2 Å². The van der Waals surface area contributed by atoms with Gasteiger partial charge in [0.2, 0.25) is 0 Å². The van der Waals surface area contributed by atoms with Crippen molar-refractivity contribution < 1.29 is 24.8 Å². The molecule has 0 aromatic rings. The van der Waals surface area contributed by atoms with Crippen LogP contribution in [0.3, 0.4) is 0 Å². The summed E-state index contributed by atoms with van der Waals surface area (Å²) in [6.07, 6.45) is -5.38. The minimum atomic E-state index is -1.29. The minimum Gasteiger partial charge on any atom is -0.388 e. The maximum atomic E-state index is 9.35. The standard InChI is InChI=1S/C7H13ClO5/c1-12-7-6(11)5(10)4(9)3(2-8)13-7/h3-7,9-11H,2H2,1H3/t3-,4-,5+,6-,7-/m1/s1. The molecule has 0 bridgehead atoms. The monoisotopic (exact) mass is 212 g/mol. The fourth-order valence-electron chi connectivity index (χ4n) is 1.24. The SMILES string of the molecule is CO[C@@H]1O[C@H](CCl)[C@@H](O)[C@H](O)[C@H]1O. The predicted molar refractivity (Wildman–Crippen MR) is 44.4 cm³/mol. The van der Waals surface area contributed by atoms with Crippen molar-refractivity contribution in [2.75, 3.05) is 13.0 Å². The van der Waals surface area contributed by atoms with E-state index in [1.165, 1.54) is 7.11 Å². The Balaban J connectivity index is 2.66. The van der Waals surface area contributed by atoms with Crippen molar-refractivity contribution in [2.45, 2.75) is 30.7 Å². The van der Waals surface area contributed by atoms with Crippen molar-refractivity contribution in [3.05, 3.63) is 0 Å². The number of aliphatic hydroxyl groups excluding tert-OH is 3. The smallest absolute Gasteiger partial charge is 0.186 e. The molecule has 3 N–H and O–H groups in total. The summed E-state index contributed by atoms with van der Waals surface area (Å²) in [5, 5.41) is 28.0. The summed E-state index contributed by atoms with van der Waals surface area (Å²) in [4.78, 5) is 0. The third kappa shape index (κ3) is 2.12. The van der Waals surface area contributed by atoms with Gasteiger partial charge in [-0.2, -0.15) is 0 Å². The second kappa shape index (κ2) is 4.54. The van der Waals surface area contributed by atoms with Crippen LogP contribution in [0.25, 0.3) is 0 Å². The average Bonchev–Trinajstić information content (AvgIpc) is 2.15. The lowest BCUT2D eigenvalue weighted by atomic mass is 10.00. The Hall–Kier alpha value is 0.0900. The Kier molecular flexibility index (Phi) is 3.90. The van der Waals surface area contributed by atoms with Gasteiger partial charge in [0.25, 0.3) is 0 Å². The number of halogens is 1. The number of hydrogen-bond acceptors (Lipinski definition) is 5. The summed E-state index contributed by atoms with van der Waals surface area (Å²) in [6.45, 7) is 0. The lowest BCUT2D eigenvalue weighted by molar-refractivity contribution is -0.285. The molecule has 1 heterocycles. The van der Waals surface area contributed by atoms with E-state index in [1.54, 1.807) is 0 Å². The molecule has 0 aromatic carbocycles. The molecular weight excluding hydrogens is 200 g/mol. The zero-order valence-electron chi connectivity index (χ0n) is 7.13. The van der Waals surface area contributed by atoms with Gasteiger partial charge in [0.05, 0.1) is 5.88 Å². The first-order chi connectivity index (χ1) is 6.11. The lowest BCUT2D eigenvalue weighted by Gasteiger charge is -2.38. The van der Waals surface area contributed by atoms with Gasteiger partial charge in [-0.3, -0.25) is 0 Å². The van der Waals surface area contributed by atoms with Crippen LogP contribution in [0, 0.1) is 0 Å². The van der Waals surface area contributed by atoms with Gasteiger partial charge >= 0.3 is 0 Å². The van der Waals surface area contributed by atoms with Crippen LogP contribution in [0.5, 0.6) is 0 Å². The second-order valence-corrected chi connectivity index (χ2v) is 3.21. The average molecular weight is 213 g/mol. The molecule has 13 heavy (non-hydrogen) atoms. The van der Waals surface area contributed by atoms with Crippen LogP contribution in [0.1, 0.15) is 0 Å². The highest BCUT2D eigenvalue weighted by molar-refractivity contribution is 6.18. The molecule has 0 saturated carbocycles. The molecule has 78 valence electrons. The molecule has 0 spiro atoms. The summed E-state index contributed by atoms with van der Waals surface area (Å²) in [6, 6.07) is 0. The van der Waals surface area contributed by atoms with E-state index in [0.717, 1.165) is 0 Å². The normalized spacial score (nSPS) is 46.4. The molecule has 1 saturated heterocycles. The van der Waals surface area contributed by atoms with Crippen LogP contribution in [0.15, 0.2) is 0 Å². The molecular formula is C7H13ClO5. The highest BCUT2D eigenvalue weighted by atomic mass is 35.5. The lowest BCUT2D eigenvalue weighted by Crippen LogP contribution is -2.58. The molecule has 1 fully saturated rings. The molecule has 0 unspecified atom stereocenters. The summed E-state index contributed by atoms with van der Waals surface area (Å²) in [7, 11) is 1.34. The second-order valence-electron chi connectivity index (χ2n) is 2.90. The fraction of sp³-hybridized carbons (Fsp3) is 1.00. The molecule has 5 nitrogen and oxygen atoms in total. The number of methoxy groups -OCH3 is 1. The van der Waals surface area contributed by atoms with E-state index in [4.69, 9.17) is 21.1 Å². The number of rotatable bonds is 2. The summed E-state index contributed by atoms with van der Waals surface area (Å²) in [5.41, 5.74) is 0. The first-order valence-electron chi connectivity index (χ1n) is 3.90. The molecule has 5 atom stereocenters. The molecule has 1 aliphatic heterocycles. The van der Waals surface area contributed by atoms with E-state index >= 15 is 0 Å². The zero-order chi connectivity index (χ0) is 10.0. The van der Waals surface area contributed by atoms with Gasteiger partial charge in [-0.05, 0) is 0 Å². The highest BCUT2D eigenvalue weighted by Crippen LogP contribution is 2.22. The van der Waals surface area contributed by atoms with E-state index in [-0.39, 0.29) is 5.88 Å². The van der Waals surface area contributed by atoms with Crippen molar-refractivity contribution in [3.8, 4) is 0 Å². The van der Waals surface area contributed by atoms with Gasteiger partial charge in [-0.25, -0.2) is 0 Å². The van der Waals surface area contributed by atoms with E-state index in [9.17, 15) is 15.3 Å². The molecule has 0 aliphatic carbocycles. The van der Waals surface area contributed by atoms with Crippen molar-refractivity contribution in [2.24, 2.45) is 0 Å². The maximum absolute atomic E-state index is 9.35. The molecule has 1 rings (SSSR count). The molecule has 0 amide bonds. The van der Waals surface area contributed by atoms with Crippen molar-refractivity contribution in [1.82, 2.24) is 0 Å². The molecule has 1 aliphatic rings. The van der Waals surface area contributed by atoms with Crippen LogP contribution in [0.4, 0.5) is 0 Å². The first-order valence-corrected chi connectivity index (χ1v) is 4.43. The number of hydrogen-bond donors (Lipinski definition) is 3. The first kappa shape index (κ1) is 11.2. The van der Waals surface area contributed by atoms with Crippen LogP contribution < -0.4 is 0 Å². The predicted octanol–water partition coefficient (Wildman–Crippen LogP) is -1.32. The van der Waals surface area contributed by atoms with Gasteiger partial charge in [0.1, 0.15) is 24.4 Å². The van der Waals surface area contributed by atoms with Crippen LogP contribution in [-0.4, -0.2) is 59.0 Å². The Labute approximate surface area is 80.8 Å². The van der Waals surface area contributed by atoms with Crippen LogP contribution in [-0.2, 0) is 9.47 Å². The van der Waals surface area contributed by atoms with E-state index in [0.29, 0.717) is 0 Å². The van der Waals surface area contributed by atoms with Gasteiger partial charge in [-0.1, -0.05) is 0 Å². The fourth-order valence-corrected chi connectivity index (χ4v) is 1.49.